The number of aliphatic carboxylic acids is 1. The number of carboxylic acid groups (broad SMARTS) is 1. The molecule has 2 rings (SSSR count). The maximum atomic E-state index is 10.6. The van der Waals surface area contributed by atoms with E-state index in [-0.39, 0.29) is 0 Å². The third-order valence-corrected chi connectivity index (χ3v) is 2.43. The van der Waals surface area contributed by atoms with Crippen LogP contribution >= 0.6 is 0 Å². The van der Waals surface area contributed by atoms with Crippen molar-refractivity contribution in [2.45, 2.75) is 12.5 Å². The molecule has 0 fully saturated rings. The van der Waals surface area contributed by atoms with Gasteiger partial charge in [-0.2, -0.15) is 0 Å². The van der Waals surface area contributed by atoms with Gasteiger partial charge >= 0.3 is 5.97 Å². The number of H-pyrrole nitrogens is 1. The van der Waals surface area contributed by atoms with Crippen LogP contribution in [0, 0.1) is 0 Å². The lowest BCUT2D eigenvalue weighted by Crippen LogP contribution is -2.32. The number of aromatic nitrogens is 1. The lowest BCUT2D eigenvalue weighted by molar-refractivity contribution is -0.138. The molecule has 1 heterocycles. The second kappa shape index (κ2) is 3.74. The summed E-state index contributed by atoms with van der Waals surface area (Å²) >= 11 is 0. The van der Waals surface area contributed by atoms with Gasteiger partial charge in [0.2, 0.25) is 0 Å². The van der Waals surface area contributed by atoms with Gasteiger partial charge in [0, 0.05) is 23.5 Å². The molecule has 2 aromatic rings. The Balaban J connectivity index is 2.32. The van der Waals surface area contributed by atoms with E-state index in [4.69, 9.17) is 10.8 Å². The quantitative estimate of drug-likeness (QED) is 0.657. The van der Waals surface area contributed by atoms with Crippen LogP contribution < -0.4 is 5.73 Å². The molecule has 1 aromatic heterocycles. The van der Waals surface area contributed by atoms with Gasteiger partial charge in [-0.3, -0.25) is 4.79 Å². The molecule has 0 radical (unpaired) electrons. The molecule has 0 saturated carbocycles. The van der Waals surface area contributed by atoms with E-state index >= 15 is 0 Å². The van der Waals surface area contributed by atoms with Gasteiger partial charge in [-0.25, -0.2) is 0 Å². The summed E-state index contributed by atoms with van der Waals surface area (Å²) in [6, 6.07) is 6.91. The summed E-state index contributed by atoms with van der Waals surface area (Å²) in [5.41, 5.74) is 7.43. The Hall–Kier alpha value is -1.81. The third kappa shape index (κ3) is 1.85. The SMILES string of the molecule is [15NH2][C@@H](Cc1c[nH]c2ccccc12)C(=O)O. The number of hydrogen-bond donors (Lipinski definition) is 3. The van der Waals surface area contributed by atoms with E-state index in [0.717, 1.165) is 16.5 Å². The van der Waals surface area contributed by atoms with Crippen molar-refractivity contribution in [1.82, 2.24) is 4.98 Å². The minimum Gasteiger partial charge on any atom is -0.480 e. The van der Waals surface area contributed by atoms with E-state index in [0.29, 0.717) is 6.42 Å². The highest BCUT2D eigenvalue weighted by molar-refractivity contribution is 5.84. The number of aromatic amines is 1. The fourth-order valence-electron chi connectivity index (χ4n) is 1.62. The number of carbonyl (C=O) groups is 1. The number of benzene rings is 1. The molecule has 4 heteroatoms. The van der Waals surface area contributed by atoms with Gasteiger partial charge in [0.1, 0.15) is 6.04 Å². The van der Waals surface area contributed by atoms with E-state index in [2.05, 4.69) is 4.98 Å². The van der Waals surface area contributed by atoms with Crippen LogP contribution in [0.1, 0.15) is 5.56 Å². The Kier molecular flexibility index (Phi) is 2.43. The average molecular weight is 205 g/mol. The normalized spacial score (nSPS) is 12.9. The summed E-state index contributed by atoms with van der Waals surface area (Å²) in [5.74, 6) is -0.972. The number of nitrogens with one attached hydrogen (secondary N) is 1. The third-order valence-electron chi connectivity index (χ3n) is 2.43. The molecule has 0 bridgehead atoms. The number of fused-ring (bicyclic) bond motifs is 1. The van der Waals surface area contributed by atoms with Crippen LogP contribution in [0.2, 0.25) is 0 Å². The zero-order valence-electron chi connectivity index (χ0n) is 8.10. The molecule has 78 valence electrons. The molecule has 0 unspecified atom stereocenters. The van der Waals surface area contributed by atoms with Crippen molar-refractivity contribution in [2.24, 2.45) is 5.73 Å². The minimum absolute atomic E-state index is 0.347. The zero-order valence-corrected chi connectivity index (χ0v) is 8.10. The summed E-state index contributed by atoms with van der Waals surface area (Å²) in [4.78, 5) is 13.7. The summed E-state index contributed by atoms with van der Waals surface area (Å²) < 4.78 is 0. The van der Waals surface area contributed by atoms with Crippen LogP contribution in [0.3, 0.4) is 0 Å². The molecule has 0 saturated heterocycles. The fourth-order valence-corrected chi connectivity index (χ4v) is 1.62. The van der Waals surface area contributed by atoms with E-state index in [1.165, 1.54) is 0 Å². The van der Waals surface area contributed by atoms with E-state index in [1.807, 2.05) is 30.5 Å². The van der Waals surface area contributed by atoms with E-state index in [1.54, 1.807) is 0 Å². The molecule has 1 aromatic carbocycles. The Labute approximate surface area is 86.7 Å². The molecule has 4 N–H and O–H groups in total. The Morgan fingerprint density at radius 3 is 2.93 bits per heavy atom. The molecular formula is C11H12N2O2. The van der Waals surface area contributed by atoms with Gasteiger partial charge < -0.3 is 15.8 Å². The second-order valence-corrected chi connectivity index (χ2v) is 3.51. The molecule has 4 nitrogen and oxygen atoms in total. The van der Waals surface area contributed by atoms with Crippen LogP contribution in [0.25, 0.3) is 10.9 Å². The zero-order chi connectivity index (χ0) is 10.8. The van der Waals surface area contributed by atoms with Gasteiger partial charge in [-0.1, -0.05) is 18.2 Å². The highest BCUT2D eigenvalue weighted by atomic mass is 16.4. The Bertz CT molecular complexity index is 490. The van der Waals surface area contributed by atoms with Crippen LogP contribution in [0.5, 0.6) is 0 Å². The molecule has 0 spiro atoms. The standard InChI is InChI=1S/C11H12N2O2/c12-9(11(14)15)5-7-6-13-10-4-2-1-3-8(7)10/h1-4,6,9,13H,5,12H2,(H,14,15)/t9-/m0/s1/i12+1. The molecule has 0 aliphatic rings. The predicted octanol–water partition coefficient (Wildman–Crippen LogP) is 1.12. The van der Waals surface area contributed by atoms with Crippen LogP contribution in [-0.4, -0.2) is 22.1 Å². The van der Waals surface area contributed by atoms with Crippen molar-refractivity contribution in [3.8, 4) is 0 Å². The van der Waals surface area contributed by atoms with Crippen molar-refractivity contribution in [1.29, 1.82) is 0 Å². The number of hydrogen-bond acceptors (Lipinski definition) is 2. The second-order valence-electron chi connectivity index (χ2n) is 3.51. The molecule has 0 aliphatic heterocycles. The molecule has 0 aliphatic carbocycles. The topological polar surface area (TPSA) is 79.1 Å². The summed E-state index contributed by atoms with van der Waals surface area (Å²) in [6.07, 6.45) is 2.16. The van der Waals surface area contributed by atoms with Gasteiger partial charge in [-0.05, 0) is 11.6 Å². The largest absolute Gasteiger partial charge is 0.480 e. The van der Waals surface area contributed by atoms with E-state index in [9.17, 15) is 4.79 Å². The highest BCUT2D eigenvalue weighted by Crippen LogP contribution is 2.18. The monoisotopic (exact) mass is 205 g/mol. The maximum absolute atomic E-state index is 10.6. The highest BCUT2D eigenvalue weighted by Gasteiger charge is 2.14. The molecule has 15 heavy (non-hydrogen) atoms. The average Bonchev–Trinajstić information content (AvgIpc) is 2.62. The van der Waals surface area contributed by atoms with E-state index < -0.39 is 12.0 Å². The first-order valence-corrected chi connectivity index (χ1v) is 4.72. The lowest BCUT2D eigenvalue weighted by Gasteiger charge is -2.04. The van der Waals surface area contributed by atoms with Gasteiger partial charge in [0.25, 0.3) is 0 Å². The van der Waals surface area contributed by atoms with Crippen molar-refractivity contribution >= 4 is 16.9 Å². The van der Waals surface area contributed by atoms with Crippen molar-refractivity contribution < 1.29 is 9.90 Å². The summed E-state index contributed by atoms with van der Waals surface area (Å²) in [5, 5.41) is 9.75. The molecule has 1 atom stereocenters. The van der Waals surface area contributed by atoms with Crippen molar-refractivity contribution in [3.05, 3.63) is 36.0 Å². The number of rotatable bonds is 3. The molecular weight excluding hydrogens is 193 g/mol. The van der Waals surface area contributed by atoms with Gasteiger partial charge in [0.05, 0.1) is 0 Å². The van der Waals surface area contributed by atoms with Crippen LogP contribution in [-0.2, 0) is 11.2 Å². The summed E-state index contributed by atoms with van der Waals surface area (Å²) in [6.45, 7) is 0. The van der Waals surface area contributed by atoms with Crippen molar-refractivity contribution in [2.75, 3.05) is 0 Å². The fraction of sp³-hybridized carbons (Fsp3) is 0.182. The number of para-hydroxylation sites is 1. The Morgan fingerprint density at radius 2 is 2.20 bits per heavy atom. The van der Waals surface area contributed by atoms with Crippen LogP contribution in [0.15, 0.2) is 30.5 Å². The van der Waals surface area contributed by atoms with Crippen molar-refractivity contribution in [3.63, 3.8) is 0 Å². The Morgan fingerprint density at radius 1 is 1.47 bits per heavy atom. The lowest BCUT2D eigenvalue weighted by atomic mass is 10.1. The maximum Gasteiger partial charge on any atom is 0.320 e. The first-order chi connectivity index (χ1) is 7.18. The predicted molar refractivity (Wildman–Crippen MR) is 57.6 cm³/mol. The molecule has 0 amide bonds. The minimum atomic E-state index is -0.972. The van der Waals surface area contributed by atoms with Gasteiger partial charge in [-0.15, -0.1) is 0 Å². The number of carboxylic acids is 1. The van der Waals surface area contributed by atoms with Gasteiger partial charge in [0.15, 0.2) is 0 Å². The first kappa shape index (κ1) is 9.73. The first-order valence-electron chi connectivity index (χ1n) is 4.72. The summed E-state index contributed by atoms with van der Waals surface area (Å²) in [7, 11) is 0. The smallest absolute Gasteiger partial charge is 0.320 e. The number of nitrogens with two attached hydrogens (primary N) is 1. The van der Waals surface area contributed by atoms with Crippen LogP contribution in [0.4, 0.5) is 0 Å².